The maximum absolute atomic E-state index is 11.5. The quantitative estimate of drug-likeness (QED) is 0.472. The van der Waals surface area contributed by atoms with Gasteiger partial charge in [-0.25, -0.2) is 0 Å². The van der Waals surface area contributed by atoms with Crippen molar-refractivity contribution in [3.8, 4) is 0 Å². The first-order valence-electron chi connectivity index (χ1n) is 5.11. The van der Waals surface area contributed by atoms with Gasteiger partial charge in [0.2, 0.25) is 0 Å². The molecule has 0 saturated carbocycles. The molecule has 76 valence electrons. The third kappa shape index (κ3) is 1.12. The summed E-state index contributed by atoms with van der Waals surface area (Å²) in [5.41, 5.74) is 2.15. The van der Waals surface area contributed by atoms with Crippen molar-refractivity contribution in [2.45, 2.75) is 18.8 Å². The van der Waals surface area contributed by atoms with Crippen LogP contribution in [0.5, 0.6) is 0 Å². The number of hydrogen-bond donors (Lipinski definition) is 0. The number of cyclic esters (lactones) is 2. The normalized spacial score (nSPS) is 28.3. The van der Waals surface area contributed by atoms with Crippen LogP contribution in [0.15, 0.2) is 24.3 Å². The van der Waals surface area contributed by atoms with Gasteiger partial charge in [-0.3, -0.25) is 9.59 Å². The highest BCUT2D eigenvalue weighted by atomic mass is 16.6. The van der Waals surface area contributed by atoms with E-state index in [0.717, 1.165) is 18.4 Å². The molecule has 0 aromatic heterocycles. The molecule has 3 heteroatoms. The van der Waals surface area contributed by atoms with Gasteiger partial charge >= 0.3 is 11.9 Å². The lowest BCUT2D eigenvalue weighted by Gasteiger charge is -2.22. The average molecular weight is 202 g/mol. The fourth-order valence-electron chi connectivity index (χ4n) is 2.54. The Hall–Kier alpha value is -1.64. The molecule has 2 aliphatic rings. The van der Waals surface area contributed by atoms with Gasteiger partial charge in [-0.05, 0) is 24.0 Å². The molecule has 1 saturated heterocycles. The summed E-state index contributed by atoms with van der Waals surface area (Å²) >= 11 is 0. The van der Waals surface area contributed by atoms with Gasteiger partial charge in [0.05, 0.1) is 11.8 Å². The van der Waals surface area contributed by atoms with Gasteiger partial charge in [-0.2, -0.15) is 0 Å². The van der Waals surface area contributed by atoms with Gasteiger partial charge in [-0.15, -0.1) is 0 Å². The number of hydrogen-bond acceptors (Lipinski definition) is 3. The molecule has 1 fully saturated rings. The molecular weight excluding hydrogens is 192 g/mol. The summed E-state index contributed by atoms with van der Waals surface area (Å²) in [7, 11) is 0. The van der Waals surface area contributed by atoms with E-state index in [1.54, 1.807) is 0 Å². The standard InChI is InChI=1S/C12H10O3/c13-11-9-6-5-7-3-1-2-4-8(7)10(9)12(14)15-11/h1-4,9-10H,5-6H2. The smallest absolute Gasteiger partial charge is 0.321 e. The molecular formula is C12H10O3. The fraction of sp³-hybridized carbons (Fsp3) is 0.333. The van der Waals surface area contributed by atoms with Gasteiger partial charge in [-0.1, -0.05) is 24.3 Å². The van der Waals surface area contributed by atoms with Crippen LogP contribution in [0, 0.1) is 5.92 Å². The molecule has 0 spiro atoms. The third-order valence-corrected chi connectivity index (χ3v) is 3.28. The summed E-state index contributed by atoms with van der Waals surface area (Å²) < 4.78 is 4.69. The lowest BCUT2D eigenvalue weighted by atomic mass is 9.76. The minimum atomic E-state index is -0.378. The number of carbonyl (C=O) groups excluding carboxylic acids is 2. The first kappa shape index (κ1) is 8.65. The Bertz CT molecular complexity index is 450. The van der Waals surface area contributed by atoms with Crippen LogP contribution in [0.1, 0.15) is 23.5 Å². The highest BCUT2D eigenvalue weighted by Crippen LogP contribution is 2.41. The third-order valence-electron chi connectivity index (χ3n) is 3.28. The number of ether oxygens (including phenoxy) is 1. The number of aryl methyl sites for hydroxylation is 1. The van der Waals surface area contributed by atoms with Gasteiger partial charge in [0.25, 0.3) is 0 Å². The molecule has 0 bridgehead atoms. The molecule has 1 heterocycles. The summed E-state index contributed by atoms with van der Waals surface area (Å²) in [5.74, 6) is -1.31. The lowest BCUT2D eigenvalue weighted by Crippen LogP contribution is -2.22. The summed E-state index contributed by atoms with van der Waals surface area (Å²) in [6.07, 6.45) is 1.59. The second-order valence-electron chi connectivity index (χ2n) is 4.06. The molecule has 3 rings (SSSR count). The highest BCUT2D eigenvalue weighted by Gasteiger charge is 2.47. The monoisotopic (exact) mass is 202 g/mol. The predicted octanol–water partition coefficient (Wildman–Crippen LogP) is 1.42. The Labute approximate surface area is 87.0 Å². The van der Waals surface area contributed by atoms with Crippen LogP contribution in [-0.4, -0.2) is 11.9 Å². The number of rotatable bonds is 0. The maximum Gasteiger partial charge on any atom is 0.321 e. The lowest BCUT2D eigenvalue weighted by molar-refractivity contribution is -0.153. The molecule has 0 radical (unpaired) electrons. The van der Waals surface area contributed by atoms with E-state index in [9.17, 15) is 9.59 Å². The first-order chi connectivity index (χ1) is 7.27. The van der Waals surface area contributed by atoms with Crippen molar-refractivity contribution in [1.29, 1.82) is 0 Å². The maximum atomic E-state index is 11.5. The Balaban J connectivity index is 2.13. The minimum absolute atomic E-state index is 0.243. The zero-order valence-corrected chi connectivity index (χ0v) is 8.10. The average Bonchev–Trinajstić information content (AvgIpc) is 2.55. The van der Waals surface area contributed by atoms with E-state index in [2.05, 4.69) is 4.74 Å². The molecule has 0 N–H and O–H groups in total. The van der Waals surface area contributed by atoms with Gasteiger partial charge < -0.3 is 4.74 Å². The van der Waals surface area contributed by atoms with E-state index in [0.29, 0.717) is 0 Å². The number of carbonyl (C=O) groups is 2. The predicted molar refractivity (Wildman–Crippen MR) is 52.1 cm³/mol. The van der Waals surface area contributed by atoms with Crippen LogP contribution in [-0.2, 0) is 20.7 Å². The van der Waals surface area contributed by atoms with Crippen LogP contribution in [0.3, 0.4) is 0 Å². The zero-order chi connectivity index (χ0) is 10.4. The molecule has 1 aliphatic heterocycles. The van der Waals surface area contributed by atoms with Crippen LogP contribution < -0.4 is 0 Å². The van der Waals surface area contributed by atoms with Crippen molar-refractivity contribution in [2.24, 2.45) is 5.92 Å². The minimum Gasteiger partial charge on any atom is -0.392 e. The van der Waals surface area contributed by atoms with Gasteiger partial charge in [0.15, 0.2) is 0 Å². The summed E-state index contributed by atoms with van der Waals surface area (Å²) in [4.78, 5) is 22.9. The molecule has 0 amide bonds. The van der Waals surface area contributed by atoms with E-state index in [-0.39, 0.29) is 23.8 Å². The topological polar surface area (TPSA) is 43.4 Å². The summed E-state index contributed by atoms with van der Waals surface area (Å²) in [6, 6.07) is 7.80. The Morgan fingerprint density at radius 3 is 2.80 bits per heavy atom. The van der Waals surface area contributed by atoms with Crippen LogP contribution in [0.4, 0.5) is 0 Å². The molecule has 15 heavy (non-hydrogen) atoms. The Morgan fingerprint density at radius 2 is 1.93 bits per heavy atom. The summed E-state index contributed by atoms with van der Waals surface area (Å²) in [6.45, 7) is 0. The van der Waals surface area contributed by atoms with Crippen molar-refractivity contribution < 1.29 is 14.3 Å². The van der Waals surface area contributed by atoms with Crippen molar-refractivity contribution in [3.63, 3.8) is 0 Å². The first-order valence-corrected chi connectivity index (χ1v) is 5.11. The SMILES string of the molecule is O=C1OC(=O)C2c3ccccc3CCC12. The molecule has 3 nitrogen and oxygen atoms in total. The number of esters is 2. The molecule has 1 aromatic rings. The molecule has 1 aromatic carbocycles. The van der Waals surface area contributed by atoms with E-state index >= 15 is 0 Å². The zero-order valence-electron chi connectivity index (χ0n) is 8.10. The van der Waals surface area contributed by atoms with E-state index < -0.39 is 0 Å². The van der Waals surface area contributed by atoms with E-state index in [1.165, 1.54) is 5.56 Å². The largest absolute Gasteiger partial charge is 0.392 e. The van der Waals surface area contributed by atoms with Gasteiger partial charge in [0.1, 0.15) is 0 Å². The summed E-state index contributed by atoms with van der Waals surface area (Å²) in [5, 5.41) is 0. The molecule has 2 atom stereocenters. The van der Waals surface area contributed by atoms with Crippen molar-refractivity contribution in [1.82, 2.24) is 0 Å². The Morgan fingerprint density at radius 1 is 1.13 bits per heavy atom. The second-order valence-corrected chi connectivity index (χ2v) is 4.06. The second kappa shape index (κ2) is 2.92. The number of benzene rings is 1. The fourth-order valence-corrected chi connectivity index (χ4v) is 2.54. The number of fused-ring (bicyclic) bond motifs is 3. The molecule has 1 aliphatic carbocycles. The molecule has 2 unspecified atom stereocenters. The Kier molecular flexibility index (Phi) is 1.69. The van der Waals surface area contributed by atoms with Crippen molar-refractivity contribution >= 4 is 11.9 Å². The van der Waals surface area contributed by atoms with Crippen LogP contribution in [0.2, 0.25) is 0 Å². The van der Waals surface area contributed by atoms with Crippen LogP contribution >= 0.6 is 0 Å². The van der Waals surface area contributed by atoms with Crippen LogP contribution in [0.25, 0.3) is 0 Å². The van der Waals surface area contributed by atoms with Crippen molar-refractivity contribution in [3.05, 3.63) is 35.4 Å². The van der Waals surface area contributed by atoms with Crippen molar-refractivity contribution in [2.75, 3.05) is 0 Å². The highest BCUT2D eigenvalue weighted by molar-refractivity contribution is 6.00. The van der Waals surface area contributed by atoms with E-state index in [1.807, 2.05) is 24.3 Å². The van der Waals surface area contributed by atoms with Gasteiger partial charge in [0, 0.05) is 0 Å². The van der Waals surface area contributed by atoms with E-state index in [4.69, 9.17) is 0 Å².